The fourth-order valence-corrected chi connectivity index (χ4v) is 1.67. The molecule has 2 rings (SSSR count). The molecule has 0 saturated carbocycles. The summed E-state index contributed by atoms with van der Waals surface area (Å²) in [6.07, 6.45) is 0. The Balaban J connectivity index is 2.23. The molecule has 6 nitrogen and oxygen atoms in total. The fraction of sp³-hybridized carbons (Fsp3) is 0.400. The Morgan fingerprint density at radius 2 is 2.00 bits per heavy atom. The van der Waals surface area contributed by atoms with Crippen LogP contribution in [0.2, 0.25) is 0 Å². The van der Waals surface area contributed by atoms with E-state index >= 15 is 0 Å². The minimum absolute atomic E-state index is 0.378. The molecule has 0 aromatic heterocycles. The van der Waals surface area contributed by atoms with Crippen molar-refractivity contribution in [3.63, 3.8) is 0 Å². The highest BCUT2D eigenvalue weighted by atomic mass is 16.6. The first-order valence-electron chi connectivity index (χ1n) is 4.96. The quantitative estimate of drug-likeness (QED) is 0.539. The van der Waals surface area contributed by atoms with E-state index in [2.05, 4.69) is 0 Å². The van der Waals surface area contributed by atoms with E-state index in [1.54, 1.807) is 6.07 Å². The van der Waals surface area contributed by atoms with Crippen LogP contribution in [-0.2, 0) is 4.74 Å². The number of ether oxygens (including phenoxy) is 1. The first-order valence-corrected chi connectivity index (χ1v) is 4.96. The maximum absolute atomic E-state index is 11.4. The van der Waals surface area contributed by atoms with Crippen molar-refractivity contribution in [2.45, 2.75) is 0 Å². The van der Waals surface area contributed by atoms with Gasteiger partial charge in [0.1, 0.15) is 0 Å². The topological polar surface area (TPSA) is 78.7 Å². The zero-order chi connectivity index (χ0) is 11.5. The molecule has 16 heavy (non-hydrogen) atoms. The Morgan fingerprint density at radius 3 is 2.56 bits per heavy atom. The summed E-state index contributed by atoms with van der Waals surface area (Å²) in [5, 5.41) is 21.9. The molecule has 1 fully saturated rings. The van der Waals surface area contributed by atoms with Gasteiger partial charge in [-0.25, -0.2) is 0 Å². The predicted octanol–water partition coefficient (Wildman–Crippen LogP) is 0.505. The van der Waals surface area contributed by atoms with Gasteiger partial charge >= 0.3 is 0 Å². The van der Waals surface area contributed by atoms with Crippen molar-refractivity contribution in [1.29, 1.82) is 0 Å². The van der Waals surface area contributed by atoms with Gasteiger partial charge in [-0.2, -0.15) is 0 Å². The van der Waals surface area contributed by atoms with Gasteiger partial charge < -0.3 is 14.7 Å². The molecule has 86 valence electrons. The molecule has 0 unspecified atom stereocenters. The molecule has 1 aliphatic rings. The van der Waals surface area contributed by atoms with Crippen LogP contribution in [0.1, 0.15) is 0 Å². The molecule has 6 heteroatoms. The lowest BCUT2D eigenvalue weighted by Gasteiger charge is -2.29. The lowest BCUT2D eigenvalue weighted by atomic mass is 10.2. The lowest BCUT2D eigenvalue weighted by Crippen LogP contribution is -2.36. The summed E-state index contributed by atoms with van der Waals surface area (Å²) in [5.41, 5.74) is 0.343. The van der Waals surface area contributed by atoms with Crippen molar-refractivity contribution in [2.75, 3.05) is 31.2 Å². The molecule has 1 aromatic rings. The van der Waals surface area contributed by atoms with Crippen molar-refractivity contribution >= 4 is 11.4 Å². The third-order valence-electron chi connectivity index (χ3n) is 2.52. The first-order chi connectivity index (χ1) is 7.68. The smallest absolute Gasteiger partial charge is 0.261 e. The molecule has 0 N–H and O–H groups in total. The van der Waals surface area contributed by atoms with Gasteiger partial charge in [0.25, 0.3) is 5.69 Å². The summed E-state index contributed by atoms with van der Waals surface area (Å²) in [5.74, 6) is -0.547. The maximum atomic E-state index is 11.4. The van der Waals surface area contributed by atoms with Gasteiger partial charge in [0.2, 0.25) is 0 Å². The monoisotopic (exact) mass is 223 g/mol. The SMILES string of the molecule is O=[N+]([O-])c1ccc(N2CCOCC2)cc1[O-]. The van der Waals surface area contributed by atoms with Crippen LogP contribution >= 0.6 is 0 Å². The third kappa shape index (κ3) is 2.06. The van der Waals surface area contributed by atoms with Crippen LogP contribution in [0.15, 0.2) is 18.2 Å². The van der Waals surface area contributed by atoms with Crippen molar-refractivity contribution in [1.82, 2.24) is 0 Å². The molecule has 1 aliphatic heterocycles. The highest BCUT2D eigenvalue weighted by Crippen LogP contribution is 2.28. The van der Waals surface area contributed by atoms with Crippen LogP contribution in [0.4, 0.5) is 11.4 Å². The van der Waals surface area contributed by atoms with E-state index in [4.69, 9.17) is 4.74 Å². The van der Waals surface area contributed by atoms with Crippen molar-refractivity contribution in [3.8, 4) is 5.75 Å². The van der Waals surface area contributed by atoms with E-state index in [1.807, 2.05) is 4.90 Å². The predicted molar refractivity (Wildman–Crippen MR) is 55.6 cm³/mol. The molecule has 0 aliphatic carbocycles. The average molecular weight is 223 g/mol. The molecular weight excluding hydrogens is 212 g/mol. The number of nitro groups is 1. The van der Waals surface area contributed by atoms with Gasteiger partial charge in [0.15, 0.2) is 0 Å². The minimum atomic E-state index is -0.661. The molecular formula is C10H11N2O4-. The Kier molecular flexibility index (Phi) is 2.91. The number of nitro benzene ring substituents is 1. The zero-order valence-electron chi connectivity index (χ0n) is 8.59. The molecule has 0 radical (unpaired) electrons. The normalized spacial score (nSPS) is 16.1. The summed E-state index contributed by atoms with van der Waals surface area (Å²) in [6, 6.07) is 4.17. The van der Waals surface area contributed by atoms with E-state index in [0.29, 0.717) is 26.3 Å². The Labute approximate surface area is 92.2 Å². The summed E-state index contributed by atoms with van der Waals surface area (Å²) in [4.78, 5) is 11.8. The van der Waals surface area contributed by atoms with E-state index in [9.17, 15) is 15.2 Å². The highest BCUT2D eigenvalue weighted by molar-refractivity contribution is 5.58. The second-order valence-electron chi connectivity index (χ2n) is 3.51. The van der Waals surface area contributed by atoms with Gasteiger partial charge in [-0.1, -0.05) is 0 Å². The van der Waals surface area contributed by atoms with Crippen LogP contribution in [0.5, 0.6) is 5.75 Å². The van der Waals surface area contributed by atoms with Gasteiger partial charge in [0.05, 0.1) is 18.1 Å². The van der Waals surface area contributed by atoms with Gasteiger partial charge in [-0.3, -0.25) is 10.1 Å². The Hall–Kier alpha value is -1.82. The zero-order valence-corrected chi connectivity index (χ0v) is 8.59. The van der Waals surface area contributed by atoms with Gasteiger partial charge in [0, 0.05) is 24.8 Å². The maximum Gasteiger partial charge on any atom is 0.261 e. The van der Waals surface area contributed by atoms with Gasteiger partial charge in [-0.05, 0) is 17.9 Å². The number of hydrogen-bond acceptors (Lipinski definition) is 5. The molecule has 0 spiro atoms. The molecule has 1 saturated heterocycles. The molecule has 1 heterocycles. The summed E-state index contributed by atoms with van der Waals surface area (Å²) < 4.78 is 5.19. The van der Waals surface area contributed by atoms with E-state index in [0.717, 1.165) is 5.69 Å². The van der Waals surface area contributed by atoms with E-state index in [1.165, 1.54) is 12.1 Å². The largest absolute Gasteiger partial charge is 0.868 e. The summed E-state index contributed by atoms with van der Waals surface area (Å²) in [6.45, 7) is 2.64. The second kappa shape index (κ2) is 4.36. The number of nitrogens with zero attached hydrogens (tertiary/aromatic N) is 2. The minimum Gasteiger partial charge on any atom is -0.868 e. The number of anilines is 1. The van der Waals surface area contributed by atoms with E-state index < -0.39 is 10.7 Å². The van der Waals surface area contributed by atoms with Crippen LogP contribution in [0, 0.1) is 10.1 Å². The molecule has 0 atom stereocenters. The number of rotatable bonds is 2. The van der Waals surface area contributed by atoms with Crippen molar-refractivity contribution in [2.24, 2.45) is 0 Å². The fourth-order valence-electron chi connectivity index (χ4n) is 1.67. The van der Waals surface area contributed by atoms with Crippen molar-refractivity contribution < 1.29 is 14.8 Å². The number of hydrogen-bond donors (Lipinski definition) is 0. The first kappa shape index (κ1) is 10.7. The molecule has 0 amide bonds. The van der Waals surface area contributed by atoms with Crippen LogP contribution < -0.4 is 10.0 Å². The van der Waals surface area contributed by atoms with Crippen LogP contribution in [-0.4, -0.2) is 31.2 Å². The standard InChI is InChI=1S/C10H12N2O4/c13-10-7-8(1-2-9(10)12(14)15)11-3-5-16-6-4-11/h1-2,7,13H,3-6H2/p-1. The highest BCUT2D eigenvalue weighted by Gasteiger charge is 2.13. The summed E-state index contributed by atoms with van der Waals surface area (Å²) >= 11 is 0. The number of benzene rings is 1. The molecule has 0 bridgehead atoms. The Bertz CT molecular complexity index is 402. The van der Waals surface area contributed by atoms with Crippen molar-refractivity contribution in [3.05, 3.63) is 28.3 Å². The summed E-state index contributed by atoms with van der Waals surface area (Å²) in [7, 11) is 0. The van der Waals surface area contributed by atoms with Crippen LogP contribution in [0.25, 0.3) is 0 Å². The van der Waals surface area contributed by atoms with E-state index in [-0.39, 0.29) is 5.69 Å². The van der Waals surface area contributed by atoms with Crippen LogP contribution in [0.3, 0.4) is 0 Å². The lowest BCUT2D eigenvalue weighted by molar-refractivity contribution is -0.398. The van der Waals surface area contributed by atoms with Gasteiger partial charge in [-0.15, -0.1) is 0 Å². The number of morpholine rings is 1. The Morgan fingerprint density at radius 1 is 1.31 bits per heavy atom. The second-order valence-corrected chi connectivity index (χ2v) is 3.51. The third-order valence-corrected chi connectivity index (χ3v) is 2.52. The molecule has 1 aromatic carbocycles. The average Bonchev–Trinajstić information content (AvgIpc) is 2.29.